The van der Waals surface area contributed by atoms with Gasteiger partial charge in [0.05, 0.1) is 13.2 Å². The van der Waals surface area contributed by atoms with E-state index in [9.17, 15) is 28.8 Å². The van der Waals surface area contributed by atoms with Crippen molar-refractivity contribution in [2.24, 2.45) is 0 Å². The van der Waals surface area contributed by atoms with Gasteiger partial charge in [0.2, 0.25) is 0 Å². The first-order valence-electron chi connectivity index (χ1n) is 13.7. The Balaban J connectivity index is 2.01. The van der Waals surface area contributed by atoms with Crippen LogP contribution in [0.3, 0.4) is 0 Å². The van der Waals surface area contributed by atoms with Crippen molar-refractivity contribution in [3.8, 4) is 0 Å². The minimum absolute atomic E-state index is 0.0148. The van der Waals surface area contributed by atoms with Gasteiger partial charge in [-0.25, -0.2) is 0 Å². The van der Waals surface area contributed by atoms with Crippen molar-refractivity contribution < 1.29 is 47.6 Å². The first-order chi connectivity index (χ1) is 17.2. The molecule has 0 unspecified atom stereocenters. The normalized spacial score (nSPS) is 25.8. The molecule has 1 aliphatic rings. The van der Waals surface area contributed by atoms with E-state index in [0.29, 0.717) is 6.61 Å². The fourth-order valence-corrected chi connectivity index (χ4v) is 4.96. The van der Waals surface area contributed by atoms with E-state index in [0.717, 1.165) is 12.8 Å². The molecule has 0 aromatic rings. The van der Waals surface area contributed by atoms with Crippen LogP contribution < -0.4 is 0 Å². The fraction of sp³-hybridized carbons (Fsp3) is 1.00. The van der Waals surface area contributed by atoms with Crippen molar-refractivity contribution in [3.05, 3.63) is 0 Å². The molecule has 1 heterocycles. The molecule has 0 radical (unpaired) electrons. The maximum absolute atomic E-state index is 11.1. The summed E-state index contributed by atoms with van der Waals surface area (Å²) in [5, 5.41) is 39.7. The zero-order valence-corrected chi connectivity index (χ0v) is 22.7. The number of hydrogen-bond acceptors (Lipinski definition) is 9. The van der Waals surface area contributed by atoms with Crippen molar-refractivity contribution in [2.45, 2.75) is 134 Å². The summed E-state index contributed by atoms with van der Waals surface area (Å²) in [5.74, 6) is -0.970. The molecule has 6 atom stereocenters. The average molecular weight is 543 g/mol. The maximum atomic E-state index is 11.1. The van der Waals surface area contributed by atoms with Gasteiger partial charge in [0.25, 0.3) is 10.1 Å². The molecule has 0 aromatic heterocycles. The molecule has 0 amide bonds. The molecule has 36 heavy (non-hydrogen) atoms. The highest BCUT2D eigenvalue weighted by Crippen LogP contribution is 2.23. The summed E-state index contributed by atoms with van der Waals surface area (Å²) < 4.78 is 46.9. The van der Waals surface area contributed by atoms with Crippen LogP contribution in [0, 0.1) is 0 Å². The summed E-state index contributed by atoms with van der Waals surface area (Å²) in [6, 6.07) is 0. The summed E-state index contributed by atoms with van der Waals surface area (Å²) in [6.07, 6.45) is 8.73. The molecule has 0 saturated carbocycles. The number of aliphatic hydroxyl groups excluding tert-OH is 4. The summed E-state index contributed by atoms with van der Waals surface area (Å²) in [5.41, 5.74) is 0. The quantitative estimate of drug-likeness (QED) is 0.101. The number of aliphatic hydroxyl groups is 4. The Morgan fingerprint density at radius 1 is 0.750 bits per heavy atom. The molecule has 1 rings (SSSR count). The topological polar surface area (TPSA) is 163 Å². The fourth-order valence-electron chi connectivity index (χ4n) is 4.27. The zero-order valence-electron chi connectivity index (χ0n) is 21.9. The lowest BCUT2D eigenvalue weighted by Crippen LogP contribution is -2.60. The van der Waals surface area contributed by atoms with Crippen molar-refractivity contribution in [1.29, 1.82) is 0 Å². The third-order valence-corrected chi connectivity index (χ3v) is 7.20. The lowest BCUT2D eigenvalue weighted by molar-refractivity contribution is -0.296. The van der Waals surface area contributed by atoms with Crippen LogP contribution >= 0.6 is 0 Å². The Bertz CT molecular complexity index is 632. The van der Waals surface area contributed by atoms with Gasteiger partial charge in [0, 0.05) is 6.61 Å². The SMILES string of the molecule is CCCCCCCCCCCCCCCCOC[C@@H](O)CO[C@H]1O[C@H](CS(=O)(=O)O)[C@@H](O)[C@H](O)[C@H]1O. The van der Waals surface area contributed by atoms with Crippen molar-refractivity contribution in [1.82, 2.24) is 0 Å². The molecule has 1 aliphatic heterocycles. The smallest absolute Gasteiger partial charge is 0.267 e. The van der Waals surface area contributed by atoms with E-state index in [1.807, 2.05) is 0 Å². The largest absolute Gasteiger partial charge is 0.388 e. The number of unbranched alkanes of at least 4 members (excludes halogenated alkanes) is 13. The van der Waals surface area contributed by atoms with Crippen molar-refractivity contribution in [3.63, 3.8) is 0 Å². The highest BCUT2D eigenvalue weighted by atomic mass is 32.2. The van der Waals surface area contributed by atoms with Gasteiger partial charge in [-0.1, -0.05) is 90.4 Å². The van der Waals surface area contributed by atoms with E-state index in [1.165, 1.54) is 77.0 Å². The van der Waals surface area contributed by atoms with Gasteiger partial charge in [-0.2, -0.15) is 8.42 Å². The molecule has 0 aliphatic carbocycles. The molecule has 1 fully saturated rings. The highest BCUT2D eigenvalue weighted by molar-refractivity contribution is 7.85. The molecule has 1 saturated heterocycles. The van der Waals surface area contributed by atoms with E-state index in [-0.39, 0.29) is 13.2 Å². The summed E-state index contributed by atoms with van der Waals surface area (Å²) >= 11 is 0. The summed E-state index contributed by atoms with van der Waals surface area (Å²) in [7, 11) is -4.49. The lowest BCUT2D eigenvalue weighted by Gasteiger charge is -2.40. The molecule has 11 heteroatoms. The third kappa shape index (κ3) is 15.8. The Morgan fingerprint density at radius 2 is 1.25 bits per heavy atom. The third-order valence-electron chi connectivity index (χ3n) is 6.45. The minimum Gasteiger partial charge on any atom is -0.388 e. The molecular formula is C25H50O10S. The number of ether oxygens (including phenoxy) is 3. The van der Waals surface area contributed by atoms with Gasteiger partial charge in [0.1, 0.15) is 36.3 Å². The van der Waals surface area contributed by atoms with Crippen LogP contribution in [0.5, 0.6) is 0 Å². The molecular weight excluding hydrogens is 492 g/mol. The molecule has 0 spiro atoms. The van der Waals surface area contributed by atoms with Gasteiger partial charge in [0.15, 0.2) is 6.29 Å². The van der Waals surface area contributed by atoms with Gasteiger partial charge in [-0.15, -0.1) is 0 Å². The lowest BCUT2D eigenvalue weighted by atomic mass is 10.00. The van der Waals surface area contributed by atoms with E-state index in [4.69, 9.17) is 18.8 Å². The van der Waals surface area contributed by atoms with Crippen LogP contribution in [-0.2, 0) is 24.3 Å². The standard InChI is InChI=1S/C25H50O10S/c1-2-3-4-5-6-7-8-9-10-11-12-13-14-15-16-33-17-20(26)18-34-25-24(29)23(28)22(27)21(35-25)19-36(30,31)32/h20-29H,2-19H2,1H3,(H,30,31,32)/t20-,21-,22-,23+,24-,25+/m1/s1. The second kappa shape index (κ2) is 19.7. The average Bonchev–Trinajstić information content (AvgIpc) is 2.82. The number of hydrogen-bond donors (Lipinski definition) is 5. The highest BCUT2D eigenvalue weighted by Gasteiger charge is 2.45. The molecule has 0 aromatic carbocycles. The van der Waals surface area contributed by atoms with Gasteiger partial charge >= 0.3 is 0 Å². The predicted molar refractivity (Wildman–Crippen MR) is 136 cm³/mol. The van der Waals surface area contributed by atoms with Gasteiger partial charge in [-0.05, 0) is 6.42 Å². The monoisotopic (exact) mass is 542 g/mol. The molecule has 216 valence electrons. The first-order valence-corrected chi connectivity index (χ1v) is 15.3. The first kappa shape index (κ1) is 33.7. The predicted octanol–water partition coefficient (Wildman–Crippen LogP) is 2.56. The zero-order chi connectivity index (χ0) is 26.8. The van der Waals surface area contributed by atoms with Crippen LogP contribution in [0.4, 0.5) is 0 Å². The van der Waals surface area contributed by atoms with Crippen LogP contribution in [0.15, 0.2) is 0 Å². The van der Waals surface area contributed by atoms with Gasteiger partial charge in [-0.3, -0.25) is 4.55 Å². The van der Waals surface area contributed by atoms with Crippen LogP contribution in [0.25, 0.3) is 0 Å². The van der Waals surface area contributed by atoms with Crippen molar-refractivity contribution >= 4 is 10.1 Å². The second-order valence-corrected chi connectivity index (χ2v) is 11.4. The Labute approximate surface area is 217 Å². The van der Waals surface area contributed by atoms with E-state index in [1.54, 1.807) is 0 Å². The van der Waals surface area contributed by atoms with E-state index < -0.39 is 52.7 Å². The number of rotatable bonds is 22. The Hall–Kier alpha value is -0.370. The van der Waals surface area contributed by atoms with Crippen LogP contribution in [0.2, 0.25) is 0 Å². The molecule has 10 nitrogen and oxygen atoms in total. The van der Waals surface area contributed by atoms with Gasteiger partial charge < -0.3 is 34.6 Å². The van der Waals surface area contributed by atoms with Crippen LogP contribution in [-0.4, -0.2) is 95.8 Å². The maximum Gasteiger partial charge on any atom is 0.267 e. The van der Waals surface area contributed by atoms with E-state index >= 15 is 0 Å². The summed E-state index contributed by atoms with van der Waals surface area (Å²) in [4.78, 5) is 0. The van der Waals surface area contributed by atoms with E-state index in [2.05, 4.69) is 6.92 Å². The Morgan fingerprint density at radius 3 is 1.75 bits per heavy atom. The second-order valence-electron chi connectivity index (χ2n) is 9.92. The Kier molecular flexibility index (Phi) is 18.4. The molecule has 5 N–H and O–H groups in total. The minimum atomic E-state index is -4.49. The van der Waals surface area contributed by atoms with Crippen molar-refractivity contribution in [2.75, 3.05) is 25.6 Å². The molecule has 0 bridgehead atoms. The summed E-state index contributed by atoms with van der Waals surface area (Å²) in [6.45, 7) is 2.48. The van der Waals surface area contributed by atoms with Crippen LogP contribution in [0.1, 0.15) is 96.8 Å².